The number of aromatic nitrogens is 1. The highest BCUT2D eigenvalue weighted by Gasteiger charge is 2.24. The van der Waals surface area contributed by atoms with Gasteiger partial charge in [-0.1, -0.05) is 12.1 Å². The van der Waals surface area contributed by atoms with Crippen LogP contribution in [0.1, 0.15) is 0 Å². The Balaban J connectivity index is 0.00000200. The zero-order valence-electron chi connectivity index (χ0n) is 11.1. The first-order valence-electron chi connectivity index (χ1n) is 5.52. The smallest absolute Gasteiger partial charge is 0.266 e. The van der Waals surface area contributed by atoms with E-state index in [-0.39, 0.29) is 29.7 Å². The molecule has 9 heteroatoms. The minimum Gasteiger partial charge on any atom is -0.323 e. The molecule has 0 bridgehead atoms. The number of hydrogen-bond donors (Lipinski definition) is 2. The minimum absolute atomic E-state index is 0. The van der Waals surface area contributed by atoms with E-state index in [4.69, 9.17) is 5.84 Å². The molecule has 6 nitrogen and oxygen atoms in total. The van der Waals surface area contributed by atoms with Crippen LogP contribution in [0.3, 0.4) is 0 Å². The number of nitrogens with zero attached hydrogens (tertiary/aromatic N) is 2. The Morgan fingerprint density at radius 1 is 1.14 bits per heavy atom. The summed E-state index contributed by atoms with van der Waals surface area (Å²) in [6, 6.07) is 9.79. The van der Waals surface area contributed by atoms with Crippen molar-refractivity contribution in [3.63, 3.8) is 0 Å². The number of pyridine rings is 1. The molecular weight excluding hydrogens is 335 g/mol. The van der Waals surface area contributed by atoms with Crippen LogP contribution >= 0.6 is 24.8 Å². The molecule has 1 aromatic carbocycles. The largest absolute Gasteiger partial charge is 0.323 e. The second-order valence-electron chi connectivity index (χ2n) is 3.82. The van der Waals surface area contributed by atoms with E-state index in [1.807, 2.05) is 0 Å². The van der Waals surface area contributed by atoms with E-state index in [9.17, 15) is 8.42 Å². The molecule has 0 spiro atoms. The van der Waals surface area contributed by atoms with Gasteiger partial charge >= 0.3 is 0 Å². The van der Waals surface area contributed by atoms with Gasteiger partial charge in [0.15, 0.2) is 0 Å². The van der Waals surface area contributed by atoms with Crippen LogP contribution in [0.5, 0.6) is 0 Å². The summed E-state index contributed by atoms with van der Waals surface area (Å²) in [5.41, 5.74) is 3.21. The van der Waals surface area contributed by atoms with Gasteiger partial charge in [0.05, 0.1) is 17.6 Å². The lowest BCUT2D eigenvalue weighted by Crippen LogP contribution is -2.27. The summed E-state index contributed by atoms with van der Waals surface area (Å²) in [7, 11) is -2.21. The Bertz CT molecular complexity index is 668. The van der Waals surface area contributed by atoms with Crippen LogP contribution in [0.15, 0.2) is 53.7 Å². The van der Waals surface area contributed by atoms with Gasteiger partial charge in [-0.15, -0.1) is 24.8 Å². The van der Waals surface area contributed by atoms with Gasteiger partial charge in [-0.25, -0.2) is 8.42 Å². The van der Waals surface area contributed by atoms with E-state index >= 15 is 0 Å². The van der Waals surface area contributed by atoms with E-state index < -0.39 is 10.0 Å². The van der Waals surface area contributed by atoms with Crippen molar-refractivity contribution in [1.29, 1.82) is 0 Å². The van der Waals surface area contributed by atoms with Crippen molar-refractivity contribution in [2.45, 2.75) is 4.90 Å². The number of halogens is 2. The van der Waals surface area contributed by atoms with Crippen molar-refractivity contribution in [1.82, 2.24) is 4.98 Å². The van der Waals surface area contributed by atoms with Gasteiger partial charge in [0.2, 0.25) is 0 Å². The number of para-hydroxylation sites is 1. The van der Waals surface area contributed by atoms with Crippen LogP contribution in [0.4, 0.5) is 11.4 Å². The Morgan fingerprint density at radius 2 is 1.81 bits per heavy atom. The van der Waals surface area contributed by atoms with E-state index in [2.05, 4.69) is 10.4 Å². The van der Waals surface area contributed by atoms with Crippen molar-refractivity contribution in [3.8, 4) is 0 Å². The second-order valence-corrected chi connectivity index (χ2v) is 5.76. The van der Waals surface area contributed by atoms with Gasteiger partial charge < -0.3 is 5.43 Å². The van der Waals surface area contributed by atoms with Crippen molar-refractivity contribution < 1.29 is 8.42 Å². The van der Waals surface area contributed by atoms with E-state index in [1.165, 1.54) is 19.3 Å². The third-order valence-corrected chi connectivity index (χ3v) is 4.53. The number of nitrogens with one attached hydrogen (secondary N) is 1. The Hall–Kier alpha value is -1.54. The first-order chi connectivity index (χ1) is 9.07. The van der Waals surface area contributed by atoms with Gasteiger partial charge in [-0.3, -0.25) is 15.1 Å². The molecule has 0 aliphatic heterocycles. The molecule has 1 heterocycles. The fourth-order valence-corrected chi connectivity index (χ4v) is 2.97. The molecule has 3 N–H and O–H groups in total. The Labute approximate surface area is 136 Å². The molecule has 0 aliphatic carbocycles. The van der Waals surface area contributed by atoms with Gasteiger partial charge in [-0.05, 0) is 24.3 Å². The number of nitrogen functional groups attached to an aromatic ring is 1. The predicted molar refractivity (Wildman–Crippen MR) is 88.6 cm³/mol. The fraction of sp³-hybridized carbons (Fsp3) is 0.0833. The minimum atomic E-state index is -3.68. The molecule has 0 saturated heterocycles. The topological polar surface area (TPSA) is 88.3 Å². The number of nitrogens with two attached hydrogens (primary N) is 1. The molecule has 116 valence electrons. The van der Waals surface area contributed by atoms with Crippen LogP contribution in [0.25, 0.3) is 0 Å². The molecule has 0 amide bonds. The number of anilines is 2. The highest BCUT2D eigenvalue weighted by Crippen LogP contribution is 2.26. The number of benzene rings is 1. The maximum Gasteiger partial charge on any atom is 0.266 e. The van der Waals surface area contributed by atoms with Gasteiger partial charge in [0.1, 0.15) is 4.90 Å². The molecule has 2 aromatic rings. The van der Waals surface area contributed by atoms with Crippen LogP contribution < -0.4 is 15.6 Å². The highest BCUT2D eigenvalue weighted by molar-refractivity contribution is 7.93. The molecule has 0 aliphatic rings. The lowest BCUT2D eigenvalue weighted by Gasteiger charge is -2.20. The summed E-state index contributed by atoms with van der Waals surface area (Å²) in [6.07, 6.45) is 3.06. The average molecular weight is 351 g/mol. The molecule has 21 heavy (non-hydrogen) atoms. The van der Waals surface area contributed by atoms with E-state index in [0.29, 0.717) is 11.4 Å². The molecule has 0 atom stereocenters. The standard InChI is InChI=1S/C12H14N4O2S.2ClH/c1-16(10-5-4-8-14-9-10)19(17,18)12-7-3-2-6-11(12)15-13;;/h2-9,15H,13H2,1H3;2*1H. The lowest BCUT2D eigenvalue weighted by atomic mass is 10.3. The Morgan fingerprint density at radius 3 is 2.38 bits per heavy atom. The van der Waals surface area contributed by atoms with Crippen molar-refractivity contribution >= 4 is 46.2 Å². The monoisotopic (exact) mass is 350 g/mol. The summed E-state index contributed by atoms with van der Waals surface area (Å²) in [6.45, 7) is 0. The maximum atomic E-state index is 12.5. The zero-order valence-corrected chi connectivity index (χ0v) is 13.6. The summed E-state index contributed by atoms with van der Waals surface area (Å²) >= 11 is 0. The SMILES string of the molecule is CN(c1cccnc1)S(=O)(=O)c1ccccc1NN.Cl.Cl. The first-order valence-corrected chi connectivity index (χ1v) is 6.96. The summed E-state index contributed by atoms with van der Waals surface area (Å²) < 4.78 is 26.2. The van der Waals surface area contributed by atoms with Crippen molar-refractivity contribution in [2.75, 3.05) is 16.8 Å². The van der Waals surface area contributed by atoms with E-state index in [0.717, 1.165) is 4.31 Å². The lowest BCUT2D eigenvalue weighted by molar-refractivity contribution is 0.594. The van der Waals surface area contributed by atoms with Gasteiger partial charge in [-0.2, -0.15) is 0 Å². The maximum absolute atomic E-state index is 12.5. The highest BCUT2D eigenvalue weighted by atomic mass is 35.5. The predicted octanol–water partition coefficient (Wildman–Crippen LogP) is 2.04. The van der Waals surface area contributed by atoms with Crippen molar-refractivity contribution in [3.05, 3.63) is 48.8 Å². The van der Waals surface area contributed by atoms with Crippen LogP contribution in [-0.2, 0) is 10.0 Å². The fourth-order valence-electron chi connectivity index (χ4n) is 1.64. The van der Waals surface area contributed by atoms with Crippen LogP contribution in [0.2, 0.25) is 0 Å². The summed E-state index contributed by atoms with van der Waals surface area (Å²) in [5.74, 6) is 5.34. The second kappa shape index (κ2) is 8.04. The molecule has 1 aromatic heterocycles. The summed E-state index contributed by atoms with van der Waals surface area (Å²) in [5, 5.41) is 0. The third-order valence-electron chi connectivity index (χ3n) is 2.69. The van der Waals surface area contributed by atoms with Gasteiger partial charge in [0, 0.05) is 13.2 Å². The van der Waals surface area contributed by atoms with Gasteiger partial charge in [0.25, 0.3) is 10.0 Å². The molecule has 0 saturated carbocycles. The van der Waals surface area contributed by atoms with Crippen LogP contribution in [-0.4, -0.2) is 20.4 Å². The molecular formula is C12H16Cl2N4O2S. The number of hydrogen-bond acceptors (Lipinski definition) is 5. The van der Waals surface area contributed by atoms with E-state index in [1.54, 1.807) is 36.5 Å². The Kier molecular flexibility index (Phi) is 7.45. The number of hydrazine groups is 1. The summed E-state index contributed by atoms with van der Waals surface area (Å²) in [4.78, 5) is 4.02. The quantitative estimate of drug-likeness (QED) is 0.650. The van der Waals surface area contributed by atoms with Crippen LogP contribution in [0, 0.1) is 0 Å². The number of sulfonamides is 1. The normalized spacial score (nSPS) is 10.0. The first kappa shape index (κ1) is 19.5. The molecule has 0 fully saturated rings. The number of rotatable bonds is 4. The average Bonchev–Trinajstić information content (AvgIpc) is 2.47. The molecule has 2 rings (SSSR count). The molecule has 0 unspecified atom stereocenters. The third kappa shape index (κ3) is 3.98. The zero-order chi connectivity index (χ0) is 13.9. The van der Waals surface area contributed by atoms with Crippen molar-refractivity contribution in [2.24, 2.45) is 5.84 Å². The molecule has 0 radical (unpaired) electrons.